The fraction of sp³-hybridized carbons (Fsp3) is 0.943. The van der Waals surface area contributed by atoms with Crippen LogP contribution in [-0.4, -0.2) is 210 Å². The Kier molecular flexibility index (Phi) is 15.8. The number of carbonyl (C=O) groups is 1. The largest absolute Gasteiger partial charge is 0.481 e. The van der Waals surface area contributed by atoms with Crippen molar-refractivity contribution in [3.05, 3.63) is 11.6 Å². The van der Waals surface area contributed by atoms with Gasteiger partial charge >= 0.3 is 5.97 Å². The van der Waals surface area contributed by atoms with E-state index in [-0.39, 0.29) is 40.1 Å². The smallest absolute Gasteiger partial charge is 0.310 e. The Balaban J connectivity index is 0.887. The highest BCUT2D eigenvalue weighted by Gasteiger charge is 2.70. The van der Waals surface area contributed by atoms with Crippen molar-refractivity contribution >= 4 is 5.97 Å². The monoisotopic (exact) mass is 1060 g/mol. The van der Waals surface area contributed by atoms with Crippen molar-refractivity contribution in [2.45, 2.75) is 242 Å². The lowest BCUT2D eigenvalue weighted by Gasteiger charge is -2.71. The van der Waals surface area contributed by atoms with Gasteiger partial charge in [0, 0.05) is 0 Å². The lowest BCUT2D eigenvalue weighted by atomic mass is 9.33. The summed E-state index contributed by atoms with van der Waals surface area (Å²) in [5, 5.41) is 130. The quantitative estimate of drug-likeness (QED) is 0.0971. The van der Waals surface area contributed by atoms with E-state index in [1.54, 1.807) is 0 Å². The fourth-order valence-corrected chi connectivity index (χ4v) is 16.3. The van der Waals surface area contributed by atoms with E-state index in [4.69, 9.17) is 37.9 Å². The van der Waals surface area contributed by atoms with Gasteiger partial charge in [0.25, 0.3) is 0 Å². The van der Waals surface area contributed by atoms with E-state index in [0.29, 0.717) is 25.2 Å². The van der Waals surface area contributed by atoms with Crippen LogP contribution in [0.5, 0.6) is 0 Å². The summed E-state index contributed by atoms with van der Waals surface area (Å²) in [4.78, 5) is 13.2. The zero-order chi connectivity index (χ0) is 54.0. The number of rotatable bonds is 11. The van der Waals surface area contributed by atoms with Crippen molar-refractivity contribution in [3.63, 3.8) is 0 Å². The van der Waals surface area contributed by atoms with Gasteiger partial charge < -0.3 is 99.2 Å². The molecule has 27 atom stereocenters. The van der Waals surface area contributed by atoms with Gasteiger partial charge in [0.2, 0.25) is 0 Å². The summed E-state index contributed by atoms with van der Waals surface area (Å²) in [6, 6.07) is 0. The van der Waals surface area contributed by atoms with Crippen LogP contribution in [0.25, 0.3) is 0 Å². The van der Waals surface area contributed by atoms with E-state index in [9.17, 15) is 66.1 Å². The molecule has 5 unspecified atom stereocenters. The van der Waals surface area contributed by atoms with Crippen molar-refractivity contribution < 1.29 is 104 Å². The Morgan fingerprint density at radius 2 is 1.22 bits per heavy atom. The second kappa shape index (κ2) is 20.5. The Labute approximate surface area is 433 Å². The maximum atomic E-state index is 13.2. The molecule has 0 radical (unpaired) electrons. The fourth-order valence-electron chi connectivity index (χ4n) is 16.3. The zero-order valence-corrected chi connectivity index (χ0v) is 44.1. The van der Waals surface area contributed by atoms with Gasteiger partial charge in [-0.25, -0.2) is 0 Å². The summed E-state index contributed by atoms with van der Waals surface area (Å²) < 4.78 is 48.0. The summed E-state index contributed by atoms with van der Waals surface area (Å²) in [6.07, 6.45) is -20.7. The predicted octanol–water partition coefficient (Wildman–Crippen LogP) is 0.197. The Morgan fingerprint density at radius 3 is 1.88 bits per heavy atom. The van der Waals surface area contributed by atoms with Gasteiger partial charge in [-0.2, -0.15) is 0 Å². The van der Waals surface area contributed by atoms with Crippen molar-refractivity contribution in [2.24, 2.45) is 50.2 Å². The predicted molar refractivity (Wildman–Crippen MR) is 256 cm³/mol. The van der Waals surface area contributed by atoms with Crippen LogP contribution in [-0.2, 0) is 42.7 Å². The first-order chi connectivity index (χ1) is 34.6. The average Bonchev–Trinajstić information content (AvgIpc) is 3.34. The molecule has 9 rings (SSSR count). The molecule has 0 amide bonds. The van der Waals surface area contributed by atoms with Crippen LogP contribution >= 0.6 is 0 Å². The Hall–Kier alpha value is -1.55. The molecule has 12 N–H and O–H groups in total. The molecule has 0 aromatic carbocycles. The molecule has 8 fully saturated rings. The molecule has 424 valence electrons. The second-order valence-corrected chi connectivity index (χ2v) is 25.8. The molecule has 0 bridgehead atoms. The van der Waals surface area contributed by atoms with Gasteiger partial charge in [-0.15, -0.1) is 0 Å². The Morgan fingerprint density at radius 1 is 0.608 bits per heavy atom. The van der Waals surface area contributed by atoms with E-state index in [0.717, 1.165) is 44.9 Å². The molecular formula is C53H86O21. The number of hydrogen-bond donors (Lipinski definition) is 12. The van der Waals surface area contributed by atoms with Crippen LogP contribution in [0.1, 0.15) is 120 Å². The summed E-state index contributed by atoms with van der Waals surface area (Å²) in [5.41, 5.74) is -0.0216. The number of carboxylic acids is 1. The van der Waals surface area contributed by atoms with Crippen LogP contribution in [0.4, 0.5) is 0 Å². The van der Waals surface area contributed by atoms with Crippen LogP contribution in [0.3, 0.4) is 0 Å². The first-order valence-corrected chi connectivity index (χ1v) is 27.1. The molecule has 4 heterocycles. The highest BCUT2D eigenvalue weighted by molar-refractivity contribution is 5.76. The summed E-state index contributed by atoms with van der Waals surface area (Å²) in [7, 11) is 0. The van der Waals surface area contributed by atoms with Gasteiger partial charge in [0.15, 0.2) is 25.2 Å². The summed E-state index contributed by atoms with van der Waals surface area (Å²) in [6.45, 7) is 15.9. The van der Waals surface area contributed by atoms with Crippen molar-refractivity contribution in [3.8, 4) is 0 Å². The molecule has 0 aromatic heterocycles. The second-order valence-electron chi connectivity index (χ2n) is 25.8. The third-order valence-corrected chi connectivity index (χ3v) is 21.1. The first-order valence-electron chi connectivity index (χ1n) is 27.1. The number of ether oxygens (including phenoxy) is 8. The highest BCUT2D eigenvalue weighted by atomic mass is 16.8. The summed E-state index contributed by atoms with van der Waals surface area (Å²) >= 11 is 0. The maximum absolute atomic E-state index is 13.2. The first kappa shape index (κ1) is 57.1. The molecule has 5 aliphatic carbocycles. The van der Waals surface area contributed by atoms with E-state index in [1.165, 1.54) is 12.5 Å². The van der Waals surface area contributed by atoms with Gasteiger partial charge in [-0.3, -0.25) is 4.79 Å². The minimum Gasteiger partial charge on any atom is -0.481 e. The van der Waals surface area contributed by atoms with E-state index in [1.807, 2.05) is 0 Å². The van der Waals surface area contributed by atoms with E-state index >= 15 is 0 Å². The zero-order valence-electron chi connectivity index (χ0n) is 44.1. The molecule has 74 heavy (non-hydrogen) atoms. The third-order valence-electron chi connectivity index (χ3n) is 21.1. The molecule has 9 aliphatic rings. The number of hydrogen-bond acceptors (Lipinski definition) is 20. The van der Waals surface area contributed by atoms with Crippen LogP contribution in [0, 0.1) is 50.2 Å². The molecule has 21 nitrogen and oxygen atoms in total. The van der Waals surface area contributed by atoms with Crippen molar-refractivity contribution in [1.29, 1.82) is 0 Å². The van der Waals surface area contributed by atoms with Crippen molar-refractivity contribution in [2.75, 3.05) is 19.8 Å². The van der Waals surface area contributed by atoms with Crippen molar-refractivity contribution in [1.82, 2.24) is 0 Å². The number of aliphatic hydroxyl groups is 11. The molecular weight excluding hydrogens is 973 g/mol. The van der Waals surface area contributed by atoms with Gasteiger partial charge in [-0.05, 0) is 116 Å². The highest BCUT2D eigenvalue weighted by Crippen LogP contribution is 2.76. The standard InChI is InChI=1S/C53H86O21/c1-23-32(57)41(73-44-38(63)36(61)40(28(21-55)70-44)72-43-37(62)35(60)34(59)27(20-54)69-43)39(64)45(68-23)74-42-33(58)26(56)22-67-46(42)71-31-12-13-50(6)29(49(31,4)5)11-14-52(8)30(50)10-9-24-25-19-48(2,3)15-17-53(25,47(65)66)18-16-51(24,52)7/h9,23,25-46,54-64H,10-22H2,1-8H3,(H,65,66)/t23-,25?,26-,27+,28+,29?,30?,31-,32-,33?,34+,35-,36+,37+,38+,39+,40+,41-,42-,43-,44-,45-,46?,50-,51+,52+,53-/m1/s1. The third kappa shape index (κ3) is 9.17. The number of aliphatic hydroxyl groups excluding tert-OH is 11. The number of carboxylic acid groups (broad SMARTS) is 1. The SMILES string of the molecule is C[C@H]1O[C@H](O[C@H]2C(O[C@@H]3CC[C@]4(C)C(CC[C@@]5(C)C4CC=C4C6CC(C)(C)CC[C@@]6(C(=O)O)CC[C@@]45C)C3(C)C)OC[C@@H](O)C2O)[C@@H](O)[C@H](O[C@H]2O[C@@H](CO)[C@H](O[C@H]3O[C@@H](CO)[C@H](O)[C@@H](O)[C@@H]3O)[C@@H](O)[C@@H]2O)[C@@H]1O. The topological polar surface area (TPSA) is 334 Å². The number of fused-ring (bicyclic) bond motifs is 7. The number of aliphatic carboxylic acids is 1. The average molecular weight is 1060 g/mol. The van der Waals surface area contributed by atoms with Gasteiger partial charge in [0.1, 0.15) is 85.5 Å². The number of allylic oxidation sites excluding steroid dienone is 2. The van der Waals surface area contributed by atoms with E-state index < -0.39 is 153 Å². The molecule has 4 aliphatic heterocycles. The normalized spacial score (nSPS) is 54.1. The summed E-state index contributed by atoms with van der Waals surface area (Å²) in [5.74, 6) is -0.101. The minimum atomic E-state index is -1.99. The maximum Gasteiger partial charge on any atom is 0.310 e. The molecule has 4 saturated heterocycles. The molecule has 0 spiro atoms. The molecule has 0 aromatic rings. The Bertz CT molecular complexity index is 2040. The molecule has 4 saturated carbocycles. The lowest BCUT2D eigenvalue weighted by molar-refractivity contribution is -0.390. The van der Waals surface area contributed by atoms with Gasteiger partial charge in [0.05, 0.1) is 37.4 Å². The molecule has 21 heteroatoms. The lowest BCUT2D eigenvalue weighted by Crippen LogP contribution is -2.67. The van der Waals surface area contributed by atoms with Crippen LogP contribution in [0.15, 0.2) is 11.6 Å². The van der Waals surface area contributed by atoms with E-state index in [2.05, 4.69) is 54.5 Å². The van der Waals surface area contributed by atoms with Crippen LogP contribution in [0.2, 0.25) is 0 Å². The minimum absolute atomic E-state index is 0.0112. The van der Waals surface area contributed by atoms with Crippen LogP contribution < -0.4 is 0 Å². The van der Waals surface area contributed by atoms with Gasteiger partial charge in [-0.1, -0.05) is 60.1 Å².